The van der Waals surface area contributed by atoms with Gasteiger partial charge in [-0.25, -0.2) is 4.98 Å². The van der Waals surface area contributed by atoms with E-state index in [0.29, 0.717) is 5.92 Å². The zero-order chi connectivity index (χ0) is 14.7. The summed E-state index contributed by atoms with van der Waals surface area (Å²) in [5.74, 6) is 1.60. The summed E-state index contributed by atoms with van der Waals surface area (Å²) >= 11 is 0. The van der Waals surface area contributed by atoms with E-state index in [0.717, 1.165) is 37.8 Å². The summed E-state index contributed by atoms with van der Waals surface area (Å²) in [7, 11) is 1.74. The lowest BCUT2D eigenvalue weighted by Crippen LogP contribution is -2.22. The average molecular weight is 285 g/mol. The zero-order valence-electron chi connectivity index (χ0n) is 12.8. The number of nitrogens with one attached hydrogen (secondary N) is 1. The van der Waals surface area contributed by atoms with E-state index in [4.69, 9.17) is 4.74 Å². The van der Waals surface area contributed by atoms with Gasteiger partial charge in [-0.3, -0.25) is 0 Å². The summed E-state index contributed by atoms with van der Waals surface area (Å²) in [5.41, 5.74) is 4.06. The van der Waals surface area contributed by atoms with Gasteiger partial charge in [-0.2, -0.15) is 0 Å². The van der Waals surface area contributed by atoms with Crippen LogP contribution in [0, 0.1) is 6.92 Å². The van der Waals surface area contributed by atoms with Crippen LogP contribution in [0.25, 0.3) is 0 Å². The maximum absolute atomic E-state index is 5.08. The largest absolute Gasteiger partial charge is 0.385 e. The highest BCUT2D eigenvalue weighted by atomic mass is 16.5. The third-order valence-corrected chi connectivity index (χ3v) is 4.08. The number of benzene rings is 1. The maximum atomic E-state index is 5.08. The first kappa shape index (κ1) is 14.1. The van der Waals surface area contributed by atoms with Crippen LogP contribution in [0.2, 0.25) is 0 Å². The van der Waals surface area contributed by atoms with Crippen LogP contribution in [0.4, 0.5) is 5.95 Å². The molecule has 0 amide bonds. The van der Waals surface area contributed by atoms with E-state index in [2.05, 4.69) is 45.3 Å². The van der Waals surface area contributed by atoms with E-state index >= 15 is 0 Å². The van der Waals surface area contributed by atoms with Crippen molar-refractivity contribution in [2.45, 2.75) is 32.2 Å². The molecule has 0 aliphatic heterocycles. The summed E-state index contributed by atoms with van der Waals surface area (Å²) in [6.45, 7) is 4.73. The predicted molar refractivity (Wildman–Crippen MR) is 84.8 cm³/mol. The number of imidazole rings is 1. The van der Waals surface area contributed by atoms with Gasteiger partial charge in [-0.1, -0.05) is 24.3 Å². The number of anilines is 1. The van der Waals surface area contributed by atoms with Crippen LogP contribution in [0.15, 0.2) is 30.5 Å². The number of fused-ring (bicyclic) bond motifs is 1. The van der Waals surface area contributed by atoms with Crippen molar-refractivity contribution in [3.8, 4) is 0 Å². The number of hydrogen-bond acceptors (Lipinski definition) is 3. The molecule has 21 heavy (non-hydrogen) atoms. The fraction of sp³-hybridized carbons (Fsp3) is 0.471. The zero-order valence-corrected chi connectivity index (χ0v) is 12.8. The molecule has 112 valence electrons. The molecule has 1 aromatic carbocycles. The highest BCUT2D eigenvalue weighted by Crippen LogP contribution is 2.36. The van der Waals surface area contributed by atoms with Gasteiger partial charge in [0.15, 0.2) is 0 Å². The summed E-state index contributed by atoms with van der Waals surface area (Å²) in [6, 6.07) is 8.74. The van der Waals surface area contributed by atoms with Crippen molar-refractivity contribution in [1.82, 2.24) is 9.55 Å². The monoisotopic (exact) mass is 285 g/mol. The Morgan fingerprint density at radius 1 is 1.38 bits per heavy atom. The van der Waals surface area contributed by atoms with Gasteiger partial charge in [0.2, 0.25) is 5.95 Å². The number of rotatable bonds is 7. The van der Waals surface area contributed by atoms with Crippen molar-refractivity contribution in [1.29, 1.82) is 0 Å². The first-order chi connectivity index (χ1) is 10.3. The quantitative estimate of drug-likeness (QED) is 0.795. The Kier molecular flexibility index (Phi) is 4.25. The molecule has 0 saturated carbocycles. The van der Waals surface area contributed by atoms with Crippen LogP contribution < -0.4 is 5.32 Å². The predicted octanol–water partition coefficient (Wildman–Crippen LogP) is 2.98. The Labute approximate surface area is 126 Å². The molecular weight excluding hydrogens is 262 g/mol. The second kappa shape index (κ2) is 6.31. The van der Waals surface area contributed by atoms with E-state index in [1.54, 1.807) is 7.11 Å². The first-order valence-corrected chi connectivity index (χ1v) is 7.62. The van der Waals surface area contributed by atoms with Gasteiger partial charge < -0.3 is 14.6 Å². The summed E-state index contributed by atoms with van der Waals surface area (Å²) in [4.78, 5) is 4.59. The van der Waals surface area contributed by atoms with Gasteiger partial charge in [0.05, 0.1) is 5.69 Å². The lowest BCUT2D eigenvalue weighted by atomic mass is 9.77. The molecule has 0 fully saturated rings. The van der Waals surface area contributed by atoms with Crippen molar-refractivity contribution in [3.05, 3.63) is 47.3 Å². The molecule has 1 unspecified atom stereocenters. The second-order valence-corrected chi connectivity index (χ2v) is 5.73. The molecule has 3 rings (SSSR count). The highest BCUT2D eigenvalue weighted by Gasteiger charge is 2.26. The Morgan fingerprint density at radius 3 is 3.05 bits per heavy atom. The van der Waals surface area contributed by atoms with E-state index < -0.39 is 0 Å². The Hall–Kier alpha value is -1.81. The fourth-order valence-electron chi connectivity index (χ4n) is 3.01. The average Bonchev–Trinajstić information content (AvgIpc) is 2.81. The fourth-order valence-corrected chi connectivity index (χ4v) is 3.01. The molecule has 4 heteroatoms. The van der Waals surface area contributed by atoms with Crippen molar-refractivity contribution >= 4 is 5.95 Å². The number of ether oxygens (including phenoxy) is 1. The van der Waals surface area contributed by atoms with Crippen LogP contribution >= 0.6 is 0 Å². The van der Waals surface area contributed by atoms with Crippen molar-refractivity contribution in [3.63, 3.8) is 0 Å². The second-order valence-electron chi connectivity index (χ2n) is 5.73. The van der Waals surface area contributed by atoms with Crippen LogP contribution in [0.3, 0.4) is 0 Å². The number of aryl methyl sites for hydroxylation is 1. The normalized spacial score (nSPS) is 16.4. The maximum Gasteiger partial charge on any atom is 0.203 e. The smallest absolute Gasteiger partial charge is 0.203 e. The Morgan fingerprint density at radius 2 is 2.24 bits per heavy atom. The molecule has 0 radical (unpaired) electrons. The third kappa shape index (κ3) is 3.10. The molecule has 0 bridgehead atoms. The highest BCUT2D eigenvalue weighted by molar-refractivity contribution is 5.40. The summed E-state index contributed by atoms with van der Waals surface area (Å²) in [6.07, 6.45) is 4.31. The summed E-state index contributed by atoms with van der Waals surface area (Å²) < 4.78 is 7.33. The summed E-state index contributed by atoms with van der Waals surface area (Å²) in [5, 5.41) is 3.42. The number of hydrogen-bond donors (Lipinski definition) is 1. The molecule has 0 spiro atoms. The molecule has 4 nitrogen and oxygen atoms in total. The topological polar surface area (TPSA) is 39.1 Å². The molecule has 1 N–H and O–H groups in total. The van der Waals surface area contributed by atoms with E-state index in [1.807, 2.05) is 6.92 Å². The van der Waals surface area contributed by atoms with Crippen LogP contribution in [-0.4, -0.2) is 29.8 Å². The van der Waals surface area contributed by atoms with Crippen molar-refractivity contribution in [2.24, 2.45) is 0 Å². The molecular formula is C17H23N3O. The minimum atomic E-state index is 0.620. The minimum Gasteiger partial charge on any atom is -0.385 e. The first-order valence-electron chi connectivity index (χ1n) is 7.62. The lowest BCUT2D eigenvalue weighted by Gasteiger charge is -2.30. The number of nitrogens with zero attached hydrogens (tertiary/aromatic N) is 2. The lowest BCUT2D eigenvalue weighted by molar-refractivity contribution is 0.197. The van der Waals surface area contributed by atoms with Crippen LogP contribution in [0.5, 0.6) is 0 Å². The van der Waals surface area contributed by atoms with E-state index in [9.17, 15) is 0 Å². The van der Waals surface area contributed by atoms with Gasteiger partial charge >= 0.3 is 0 Å². The third-order valence-electron chi connectivity index (χ3n) is 4.08. The molecule has 1 aliphatic carbocycles. The van der Waals surface area contributed by atoms with E-state index in [-0.39, 0.29) is 0 Å². The SMILES string of the molecule is COCCCNc1nc(C)cn1CC1Cc2ccccc21. The number of aromatic nitrogens is 2. The Balaban J connectivity index is 1.63. The molecule has 1 atom stereocenters. The van der Waals surface area contributed by atoms with E-state index in [1.165, 1.54) is 17.5 Å². The molecule has 1 aliphatic rings. The van der Waals surface area contributed by atoms with Crippen LogP contribution in [0.1, 0.15) is 29.2 Å². The van der Waals surface area contributed by atoms with Gasteiger partial charge in [0, 0.05) is 38.9 Å². The molecule has 1 heterocycles. The van der Waals surface area contributed by atoms with Crippen LogP contribution in [-0.2, 0) is 17.7 Å². The van der Waals surface area contributed by atoms with Gasteiger partial charge in [-0.05, 0) is 30.9 Å². The van der Waals surface area contributed by atoms with Gasteiger partial charge in [-0.15, -0.1) is 0 Å². The molecule has 0 saturated heterocycles. The van der Waals surface area contributed by atoms with Gasteiger partial charge in [0.1, 0.15) is 0 Å². The van der Waals surface area contributed by atoms with Crippen molar-refractivity contribution in [2.75, 3.05) is 25.6 Å². The van der Waals surface area contributed by atoms with Crippen molar-refractivity contribution < 1.29 is 4.74 Å². The standard InChI is InChI=1S/C17H23N3O/c1-13-11-20(17(19-13)18-8-5-9-21-2)12-15-10-14-6-3-4-7-16(14)15/h3-4,6-7,11,15H,5,8-10,12H2,1-2H3,(H,18,19). The number of methoxy groups -OCH3 is 1. The molecule has 1 aromatic heterocycles. The molecule has 2 aromatic rings. The minimum absolute atomic E-state index is 0.620. The van der Waals surface area contributed by atoms with Gasteiger partial charge in [0.25, 0.3) is 0 Å². The Bertz CT molecular complexity index is 606.